The Morgan fingerprint density at radius 2 is 1.37 bits per heavy atom. The molecule has 4 fully saturated rings. The first-order chi connectivity index (χ1) is 27.2. The molecule has 12 nitrogen and oxygen atoms in total. The van der Waals surface area contributed by atoms with Gasteiger partial charge in [-0.3, -0.25) is 29.4 Å². The first-order valence-electron chi connectivity index (χ1n) is 20.0. The van der Waals surface area contributed by atoms with Crippen LogP contribution in [-0.4, -0.2) is 92.5 Å². The normalized spacial score (nSPS) is 23.5. The molecular weight excluding hydrogens is 742 g/mol. The van der Waals surface area contributed by atoms with E-state index in [0.29, 0.717) is 39.8 Å². The Morgan fingerprint density at radius 3 is 1.91 bits per heavy atom. The SMILES string of the molecule is CC1(C)C(NC(=O)c2ccc(N3CCC(CN4CCN(c5ccc(C(=O)NC6CCC(=O)NC6=O)cc5)CC4)CC3)cc2)C(C)(C)C1Oc1ccc(C#N)c(Cl)c1. The van der Waals surface area contributed by atoms with Crippen LogP contribution in [0, 0.1) is 28.1 Å². The van der Waals surface area contributed by atoms with Crippen molar-refractivity contribution in [2.45, 2.75) is 71.6 Å². The summed E-state index contributed by atoms with van der Waals surface area (Å²) >= 11 is 6.25. The van der Waals surface area contributed by atoms with Crippen molar-refractivity contribution in [3.05, 3.63) is 88.4 Å². The zero-order valence-electron chi connectivity index (χ0n) is 33.1. The van der Waals surface area contributed by atoms with Crippen LogP contribution in [-0.2, 0) is 9.59 Å². The summed E-state index contributed by atoms with van der Waals surface area (Å²) in [5, 5.41) is 17.9. The molecule has 4 aliphatic rings. The quantitative estimate of drug-likeness (QED) is 0.230. The van der Waals surface area contributed by atoms with Gasteiger partial charge < -0.3 is 25.2 Å². The standard InChI is InChI=1S/C44H52ClN7O5/c1-43(2)41(44(3,4)42(43)57-34-14-9-31(26-46)35(45)25-34)49-39(55)30-7-10-32(11-8-30)51-19-17-28(18-20-51)27-50-21-23-52(24-22-50)33-12-5-29(6-13-33)38(54)47-36-15-16-37(53)48-40(36)56/h5-14,25,28,36,41-42H,15-24,27H2,1-4H3,(H,47,54)(H,49,55)(H,48,53,56). The highest BCUT2D eigenvalue weighted by molar-refractivity contribution is 6.31. The number of amides is 4. The van der Waals surface area contributed by atoms with Crippen molar-refractivity contribution >= 4 is 46.6 Å². The van der Waals surface area contributed by atoms with Crippen LogP contribution >= 0.6 is 11.6 Å². The van der Waals surface area contributed by atoms with E-state index in [9.17, 15) is 24.4 Å². The third-order valence-electron chi connectivity index (χ3n) is 12.5. The highest BCUT2D eigenvalue weighted by Crippen LogP contribution is 2.55. The van der Waals surface area contributed by atoms with Gasteiger partial charge in [-0.05, 0) is 85.8 Å². The Bertz CT molecular complexity index is 2010. The predicted molar refractivity (Wildman–Crippen MR) is 220 cm³/mol. The van der Waals surface area contributed by atoms with Gasteiger partial charge in [0.2, 0.25) is 11.8 Å². The van der Waals surface area contributed by atoms with Gasteiger partial charge in [0.1, 0.15) is 24.0 Å². The summed E-state index contributed by atoms with van der Waals surface area (Å²) in [5.41, 5.74) is 3.06. The molecule has 1 saturated carbocycles. The molecule has 0 bridgehead atoms. The summed E-state index contributed by atoms with van der Waals surface area (Å²) in [7, 11) is 0. The van der Waals surface area contributed by atoms with Crippen LogP contribution in [0.3, 0.4) is 0 Å². The summed E-state index contributed by atoms with van der Waals surface area (Å²) in [6, 6.07) is 21.8. The Kier molecular flexibility index (Phi) is 11.5. The second-order valence-corrected chi connectivity index (χ2v) is 17.5. The predicted octanol–water partition coefficient (Wildman–Crippen LogP) is 5.40. The average molecular weight is 794 g/mol. The van der Waals surface area contributed by atoms with Gasteiger partial charge in [0.05, 0.1) is 10.6 Å². The highest BCUT2D eigenvalue weighted by Gasteiger charge is 2.64. The molecule has 3 N–H and O–H groups in total. The van der Waals surface area contributed by atoms with E-state index in [1.54, 1.807) is 30.3 Å². The number of benzene rings is 3. The van der Waals surface area contributed by atoms with Gasteiger partial charge in [-0.15, -0.1) is 0 Å². The van der Waals surface area contributed by atoms with Gasteiger partial charge >= 0.3 is 0 Å². The number of hydrogen-bond donors (Lipinski definition) is 3. The number of nitrogens with zero attached hydrogens (tertiary/aromatic N) is 4. The van der Waals surface area contributed by atoms with Crippen LogP contribution in [0.2, 0.25) is 5.02 Å². The number of nitrogens with one attached hydrogen (secondary N) is 3. The molecule has 0 radical (unpaired) electrons. The van der Waals surface area contributed by atoms with Crippen molar-refractivity contribution in [3.8, 4) is 11.8 Å². The molecule has 1 unspecified atom stereocenters. The lowest BCUT2D eigenvalue weighted by molar-refractivity contribution is -0.164. The molecule has 13 heteroatoms. The van der Waals surface area contributed by atoms with E-state index >= 15 is 0 Å². The van der Waals surface area contributed by atoms with Crippen molar-refractivity contribution in [1.82, 2.24) is 20.9 Å². The number of carbonyl (C=O) groups is 4. The summed E-state index contributed by atoms with van der Waals surface area (Å²) in [5.74, 6) is 0.0587. The molecule has 3 aromatic carbocycles. The second kappa shape index (κ2) is 16.4. The number of hydrogen-bond acceptors (Lipinski definition) is 9. The van der Waals surface area contributed by atoms with Gasteiger partial charge in [0.15, 0.2) is 0 Å². The Labute approximate surface area is 339 Å². The third-order valence-corrected chi connectivity index (χ3v) is 12.8. The smallest absolute Gasteiger partial charge is 0.251 e. The molecule has 4 amide bonds. The maximum absolute atomic E-state index is 13.5. The van der Waals surface area contributed by atoms with E-state index in [1.807, 2.05) is 24.3 Å². The molecule has 1 aliphatic carbocycles. The van der Waals surface area contributed by atoms with Gasteiger partial charge in [0.25, 0.3) is 11.8 Å². The molecule has 0 spiro atoms. The van der Waals surface area contributed by atoms with Crippen LogP contribution in [0.5, 0.6) is 5.75 Å². The minimum absolute atomic E-state index is 0.0992. The number of carbonyl (C=O) groups excluding carboxylic acids is 4. The summed E-state index contributed by atoms with van der Waals surface area (Å²) in [6.45, 7) is 15.3. The zero-order valence-corrected chi connectivity index (χ0v) is 33.9. The zero-order chi connectivity index (χ0) is 40.5. The Hall–Kier alpha value is -5.12. The van der Waals surface area contributed by atoms with E-state index in [-0.39, 0.29) is 47.1 Å². The summed E-state index contributed by atoms with van der Waals surface area (Å²) in [6.07, 6.45) is 2.60. The molecule has 0 aromatic heterocycles. The van der Waals surface area contributed by atoms with Crippen LogP contribution < -0.4 is 30.5 Å². The molecule has 3 aromatic rings. The van der Waals surface area contributed by atoms with Crippen LogP contribution in [0.25, 0.3) is 0 Å². The molecule has 300 valence electrons. The van der Waals surface area contributed by atoms with E-state index in [4.69, 9.17) is 16.3 Å². The fraction of sp³-hybridized carbons (Fsp3) is 0.477. The number of halogens is 1. The summed E-state index contributed by atoms with van der Waals surface area (Å²) < 4.78 is 6.38. The third kappa shape index (κ3) is 8.60. The van der Waals surface area contributed by atoms with Crippen molar-refractivity contribution in [2.75, 3.05) is 55.6 Å². The number of piperazine rings is 1. The van der Waals surface area contributed by atoms with Crippen molar-refractivity contribution in [2.24, 2.45) is 16.7 Å². The monoisotopic (exact) mass is 793 g/mol. The van der Waals surface area contributed by atoms with E-state index in [2.05, 4.69) is 76.5 Å². The average Bonchev–Trinajstić information content (AvgIpc) is 3.20. The second-order valence-electron chi connectivity index (χ2n) is 17.1. The first-order valence-corrected chi connectivity index (χ1v) is 20.3. The molecule has 3 heterocycles. The lowest BCUT2D eigenvalue weighted by atomic mass is 9.49. The van der Waals surface area contributed by atoms with E-state index < -0.39 is 11.9 Å². The van der Waals surface area contributed by atoms with Crippen LogP contribution in [0.1, 0.15) is 79.7 Å². The number of nitriles is 1. The lowest BCUT2D eigenvalue weighted by Gasteiger charge is -2.63. The van der Waals surface area contributed by atoms with E-state index in [0.717, 1.165) is 70.0 Å². The minimum atomic E-state index is -0.693. The molecule has 3 saturated heterocycles. The number of rotatable bonds is 10. The van der Waals surface area contributed by atoms with Crippen molar-refractivity contribution in [1.29, 1.82) is 5.26 Å². The topological polar surface area (TPSA) is 147 Å². The first kappa shape index (κ1) is 40.1. The van der Waals surface area contributed by atoms with Gasteiger partial charge in [-0.1, -0.05) is 39.3 Å². The number of ether oxygens (including phenoxy) is 1. The van der Waals surface area contributed by atoms with Crippen molar-refractivity contribution in [3.63, 3.8) is 0 Å². The van der Waals surface area contributed by atoms with Gasteiger partial charge in [-0.25, -0.2) is 0 Å². The Morgan fingerprint density at radius 1 is 0.807 bits per heavy atom. The maximum Gasteiger partial charge on any atom is 0.251 e. The maximum atomic E-state index is 13.5. The summed E-state index contributed by atoms with van der Waals surface area (Å²) in [4.78, 5) is 57.0. The number of imide groups is 1. The minimum Gasteiger partial charge on any atom is -0.489 e. The fourth-order valence-electron chi connectivity index (χ4n) is 9.46. The molecule has 7 rings (SSSR count). The fourth-order valence-corrected chi connectivity index (χ4v) is 9.67. The Balaban J connectivity index is 0.832. The number of anilines is 2. The number of piperidine rings is 2. The van der Waals surface area contributed by atoms with Crippen LogP contribution in [0.4, 0.5) is 11.4 Å². The van der Waals surface area contributed by atoms with Gasteiger partial charge in [-0.2, -0.15) is 5.26 Å². The van der Waals surface area contributed by atoms with Crippen molar-refractivity contribution < 1.29 is 23.9 Å². The molecule has 1 atom stereocenters. The highest BCUT2D eigenvalue weighted by atomic mass is 35.5. The largest absolute Gasteiger partial charge is 0.489 e. The molecule has 57 heavy (non-hydrogen) atoms. The lowest BCUT2D eigenvalue weighted by Crippen LogP contribution is -2.74. The van der Waals surface area contributed by atoms with Crippen LogP contribution in [0.15, 0.2) is 66.7 Å². The molecule has 3 aliphatic heterocycles. The molecular formula is C44H52ClN7O5. The van der Waals surface area contributed by atoms with Gasteiger partial charge in [0, 0.05) is 97.7 Å². The van der Waals surface area contributed by atoms with E-state index in [1.165, 1.54) is 0 Å².